The van der Waals surface area contributed by atoms with E-state index in [0.717, 1.165) is 22.3 Å². The summed E-state index contributed by atoms with van der Waals surface area (Å²) in [6, 6.07) is 12.4. The van der Waals surface area contributed by atoms with E-state index in [1.54, 1.807) is 12.1 Å². The average molecular weight is 583 g/mol. The van der Waals surface area contributed by atoms with Gasteiger partial charge in [0.25, 0.3) is 11.8 Å². The molecule has 1 atom stereocenters. The van der Waals surface area contributed by atoms with Crippen LogP contribution in [0.3, 0.4) is 0 Å². The number of rotatable bonds is 5. The van der Waals surface area contributed by atoms with Crippen LogP contribution in [0.15, 0.2) is 48.5 Å². The van der Waals surface area contributed by atoms with Crippen molar-refractivity contribution in [2.75, 3.05) is 5.32 Å². The maximum atomic E-state index is 14.4. The van der Waals surface area contributed by atoms with E-state index in [2.05, 4.69) is 30.3 Å². The number of amides is 2. The summed E-state index contributed by atoms with van der Waals surface area (Å²) in [5.74, 6) is -1.79. The summed E-state index contributed by atoms with van der Waals surface area (Å²) < 4.78 is 47.7. The molecule has 195 valence electrons. The number of nitrogens with one attached hydrogen (secondary N) is 2. The van der Waals surface area contributed by atoms with Crippen molar-refractivity contribution >= 4 is 71.9 Å². The number of benzene rings is 3. The number of hydrogen-bond donors (Lipinski definition) is 2. The largest absolute Gasteiger partial charge is 0.342 e. The van der Waals surface area contributed by atoms with Gasteiger partial charge in [0.2, 0.25) is 6.43 Å². The Morgan fingerprint density at radius 1 is 1.23 bits per heavy atom. The first-order chi connectivity index (χ1) is 18.6. The lowest BCUT2D eigenvalue weighted by molar-refractivity contribution is 0.0955. The zero-order chi connectivity index (χ0) is 27.6. The number of carbonyl (C=O) groups is 2. The first-order valence-electron chi connectivity index (χ1n) is 11.6. The van der Waals surface area contributed by atoms with Gasteiger partial charge in [-0.25, -0.2) is 13.2 Å². The lowest BCUT2D eigenvalue weighted by atomic mass is 9.93. The second kappa shape index (κ2) is 9.18. The van der Waals surface area contributed by atoms with Gasteiger partial charge in [0.1, 0.15) is 17.0 Å². The molecule has 2 amide bonds. The fourth-order valence-electron chi connectivity index (χ4n) is 4.99. The highest BCUT2D eigenvalue weighted by Crippen LogP contribution is 2.45. The second-order valence-electron chi connectivity index (χ2n) is 9.05. The van der Waals surface area contributed by atoms with E-state index in [0.29, 0.717) is 5.39 Å². The number of nitrogens with zero attached hydrogens (tertiary/aromatic N) is 3. The number of fused-ring (bicyclic) bond motifs is 4. The molecule has 6 rings (SSSR count). The third-order valence-corrected chi connectivity index (χ3v) is 8.48. The highest BCUT2D eigenvalue weighted by molar-refractivity contribution is 7.13. The molecule has 3 radical (unpaired) electrons. The summed E-state index contributed by atoms with van der Waals surface area (Å²) in [5.41, 5.74) is 1.04. The summed E-state index contributed by atoms with van der Waals surface area (Å²) in [7, 11) is 5.13. The molecule has 0 unspecified atom stereocenters. The zero-order valence-corrected chi connectivity index (χ0v) is 22.6. The number of aryl methyl sites for hydroxylation is 1. The Morgan fingerprint density at radius 3 is 2.77 bits per heavy atom. The number of hydrogen-bond acceptors (Lipinski definition) is 5. The lowest BCUT2D eigenvalue weighted by Crippen LogP contribution is -2.41. The number of alkyl halides is 2. The van der Waals surface area contributed by atoms with E-state index in [1.807, 2.05) is 12.1 Å². The standard InChI is InChI=1S/C26H16ClF3N5O2SSi/c1-35-17(10-19(29)30)13-9-16(31-25(37)23-12-4-2-3-5-18(12)38-34-23)21-20(22(13)33-35)24(36)32-26(21,39)14-8-11(28)6-7-15(14)27/h2-9,19H,10H2,1H3,(H,31,37)(H,32,36)/t26-/m0/s1. The van der Waals surface area contributed by atoms with Crippen molar-refractivity contribution in [3.05, 3.63) is 87.4 Å². The molecule has 0 fully saturated rings. The predicted molar refractivity (Wildman–Crippen MR) is 143 cm³/mol. The summed E-state index contributed by atoms with van der Waals surface area (Å²) in [6.07, 6.45) is -3.29. The van der Waals surface area contributed by atoms with Gasteiger partial charge in [-0.1, -0.05) is 29.8 Å². The Bertz CT molecular complexity index is 1840. The quantitative estimate of drug-likeness (QED) is 0.281. The minimum Gasteiger partial charge on any atom is -0.342 e. The number of carbonyl (C=O) groups excluding carboxylic acids is 2. The van der Waals surface area contributed by atoms with E-state index in [4.69, 9.17) is 11.6 Å². The molecule has 3 aromatic carbocycles. The van der Waals surface area contributed by atoms with E-state index in [-0.39, 0.29) is 49.7 Å². The normalized spacial score (nSPS) is 16.7. The number of halogens is 4. The first kappa shape index (κ1) is 25.5. The maximum Gasteiger partial charge on any atom is 0.276 e. The third-order valence-electron chi connectivity index (χ3n) is 6.68. The van der Waals surface area contributed by atoms with Crippen LogP contribution in [0.4, 0.5) is 18.9 Å². The van der Waals surface area contributed by atoms with Crippen LogP contribution in [-0.4, -0.2) is 42.6 Å². The number of aromatic nitrogens is 3. The van der Waals surface area contributed by atoms with Gasteiger partial charge in [0, 0.05) is 34.1 Å². The van der Waals surface area contributed by atoms with Gasteiger partial charge in [-0.05, 0) is 47.4 Å². The Morgan fingerprint density at radius 2 is 2.00 bits per heavy atom. The third kappa shape index (κ3) is 4.01. The molecule has 0 bridgehead atoms. The van der Waals surface area contributed by atoms with E-state index in [9.17, 15) is 22.8 Å². The van der Waals surface area contributed by atoms with Gasteiger partial charge in [0.15, 0.2) is 0 Å². The fraction of sp³-hybridized carbons (Fsp3) is 0.154. The van der Waals surface area contributed by atoms with Crippen LogP contribution in [0.1, 0.15) is 37.7 Å². The fourth-order valence-corrected chi connectivity index (χ4v) is 6.68. The van der Waals surface area contributed by atoms with Crippen molar-refractivity contribution in [3.8, 4) is 0 Å². The highest BCUT2D eigenvalue weighted by Gasteiger charge is 2.46. The van der Waals surface area contributed by atoms with Crippen LogP contribution in [-0.2, 0) is 18.6 Å². The predicted octanol–water partition coefficient (Wildman–Crippen LogP) is 5.15. The zero-order valence-electron chi connectivity index (χ0n) is 20.0. The molecule has 39 heavy (non-hydrogen) atoms. The van der Waals surface area contributed by atoms with Gasteiger partial charge >= 0.3 is 0 Å². The van der Waals surface area contributed by atoms with Crippen LogP contribution >= 0.6 is 23.1 Å². The molecule has 0 aliphatic carbocycles. The molecule has 13 heteroatoms. The smallest absolute Gasteiger partial charge is 0.276 e. The average Bonchev–Trinajstić information content (AvgIpc) is 3.53. The Balaban J connectivity index is 1.61. The Hall–Kier alpha value is -3.74. The van der Waals surface area contributed by atoms with Crippen LogP contribution in [0.2, 0.25) is 5.02 Å². The van der Waals surface area contributed by atoms with Crippen LogP contribution < -0.4 is 10.6 Å². The Kier molecular flexibility index (Phi) is 6.01. The molecule has 2 N–H and O–H groups in total. The summed E-state index contributed by atoms with van der Waals surface area (Å²) in [5, 5.41) is 9.43. The molecular formula is C26H16ClF3N5O2SSi. The topological polar surface area (TPSA) is 88.9 Å². The molecule has 1 aliphatic rings. The van der Waals surface area contributed by atoms with Crippen molar-refractivity contribution in [1.29, 1.82) is 0 Å². The van der Waals surface area contributed by atoms with Gasteiger partial charge in [0.05, 0.1) is 37.8 Å². The van der Waals surface area contributed by atoms with E-state index in [1.165, 1.54) is 29.9 Å². The molecule has 0 saturated heterocycles. The maximum absolute atomic E-state index is 14.4. The molecule has 5 aromatic rings. The minimum atomic E-state index is -2.67. The molecule has 7 nitrogen and oxygen atoms in total. The molecule has 2 aromatic heterocycles. The van der Waals surface area contributed by atoms with Gasteiger partial charge in [-0.15, -0.1) is 0 Å². The van der Waals surface area contributed by atoms with Gasteiger partial charge in [-0.2, -0.15) is 9.47 Å². The van der Waals surface area contributed by atoms with Crippen LogP contribution in [0.5, 0.6) is 0 Å². The highest BCUT2D eigenvalue weighted by atomic mass is 35.5. The molecule has 1 aliphatic heterocycles. The van der Waals surface area contributed by atoms with Crippen molar-refractivity contribution in [2.24, 2.45) is 7.05 Å². The lowest BCUT2D eigenvalue weighted by Gasteiger charge is -2.29. The number of anilines is 1. The summed E-state index contributed by atoms with van der Waals surface area (Å²) in [4.78, 5) is 27.0. The Labute approximate surface area is 231 Å². The van der Waals surface area contributed by atoms with E-state index >= 15 is 0 Å². The van der Waals surface area contributed by atoms with Crippen LogP contribution in [0, 0.1) is 5.82 Å². The second-order valence-corrected chi connectivity index (χ2v) is 11.0. The van der Waals surface area contributed by atoms with Crippen molar-refractivity contribution in [2.45, 2.75) is 18.0 Å². The summed E-state index contributed by atoms with van der Waals surface area (Å²) >= 11 is 7.59. The molecule has 0 spiro atoms. The summed E-state index contributed by atoms with van der Waals surface area (Å²) in [6.45, 7) is 0. The SMILES string of the molecule is Cn1nc2c3c(c(NC(=O)c4nsc5ccccc45)cc2c1CC(F)F)[C@@]([Si])(c1cc(F)ccc1Cl)NC3=O. The van der Waals surface area contributed by atoms with Crippen molar-refractivity contribution in [3.63, 3.8) is 0 Å². The van der Waals surface area contributed by atoms with Gasteiger partial charge < -0.3 is 10.6 Å². The molecule has 3 heterocycles. The van der Waals surface area contributed by atoms with Gasteiger partial charge in [-0.3, -0.25) is 14.3 Å². The van der Waals surface area contributed by atoms with Crippen molar-refractivity contribution in [1.82, 2.24) is 19.5 Å². The first-order valence-corrected chi connectivity index (χ1v) is 13.2. The van der Waals surface area contributed by atoms with E-state index < -0.39 is 35.6 Å². The van der Waals surface area contributed by atoms with Crippen LogP contribution in [0.25, 0.3) is 21.0 Å². The molecule has 0 saturated carbocycles. The minimum absolute atomic E-state index is 0.0392. The van der Waals surface area contributed by atoms with Crippen molar-refractivity contribution < 1.29 is 22.8 Å². The molecular weight excluding hydrogens is 567 g/mol. The monoisotopic (exact) mass is 582 g/mol.